The molecule has 0 bridgehead atoms. The number of pyridine rings is 1. The lowest BCUT2D eigenvalue weighted by molar-refractivity contribution is 0.0753. The van der Waals surface area contributed by atoms with Crippen LogP contribution in [0.3, 0.4) is 0 Å². The SMILES string of the molecule is CCCN(CCC)C(=O)c1cn(CCC)c2cccc(N)c2c1=O. The van der Waals surface area contributed by atoms with Gasteiger partial charge in [-0.25, -0.2) is 0 Å². The monoisotopic (exact) mass is 329 g/mol. The van der Waals surface area contributed by atoms with E-state index >= 15 is 0 Å². The zero-order valence-corrected chi connectivity index (χ0v) is 14.8. The van der Waals surface area contributed by atoms with Crippen molar-refractivity contribution >= 4 is 22.5 Å². The highest BCUT2D eigenvalue weighted by molar-refractivity contribution is 6.00. The molecule has 5 nitrogen and oxygen atoms in total. The van der Waals surface area contributed by atoms with Gasteiger partial charge in [0.05, 0.1) is 10.9 Å². The van der Waals surface area contributed by atoms with Crippen LogP contribution >= 0.6 is 0 Å². The van der Waals surface area contributed by atoms with Gasteiger partial charge in [-0.3, -0.25) is 9.59 Å². The molecule has 1 amide bonds. The van der Waals surface area contributed by atoms with E-state index in [0.717, 1.165) is 31.3 Å². The lowest BCUT2D eigenvalue weighted by Gasteiger charge is -2.22. The van der Waals surface area contributed by atoms with Gasteiger partial charge in [-0.05, 0) is 31.4 Å². The van der Waals surface area contributed by atoms with Gasteiger partial charge in [0.2, 0.25) is 5.43 Å². The fourth-order valence-corrected chi connectivity index (χ4v) is 3.07. The summed E-state index contributed by atoms with van der Waals surface area (Å²) in [6, 6.07) is 5.43. The van der Waals surface area contributed by atoms with Gasteiger partial charge < -0.3 is 15.2 Å². The first kappa shape index (κ1) is 18.0. The Labute approximate surface area is 143 Å². The summed E-state index contributed by atoms with van der Waals surface area (Å²) in [5, 5.41) is 0.449. The maximum atomic E-state index is 12.9. The van der Waals surface area contributed by atoms with Crippen molar-refractivity contribution in [3.8, 4) is 0 Å². The number of anilines is 1. The van der Waals surface area contributed by atoms with Crippen molar-refractivity contribution < 1.29 is 4.79 Å². The maximum absolute atomic E-state index is 12.9. The van der Waals surface area contributed by atoms with Crippen LogP contribution in [0.15, 0.2) is 29.2 Å². The molecular formula is C19H27N3O2. The summed E-state index contributed by atoms with van der Waals surface area (Å²) >= 11 is 0. The van der Waals surface area contributed by atoms with Crippen LogP contribution in [-0.4, -0.2) is 28.5 Å². The molecule has 0 unspecified atom stereocenters. The number of carbonyl (C=O) groups is 1. The van der Waals surface area contributed by atoms with Gasteiger partial charge in [-0.15, -0.1) is 0 Å². The average molecular weight is 329 g/mol. The largest absolute Gasteiger partial charge is 0.398 e. The van der Waals surface area contributed by atoms with E-state index < -0.39 is 0 Å². The summed E-state index contributed by atoms with van der Waals surface area (Å²) < 4.78 is 1.97. The van der Waals surface area contributed by atoms with Gasteiger partial charge in [-0.1, -0.05) is 26.8 Å². The Hall–Kier alpha value is -2.30. The van der Waals surface area contributed by atoms with Crippen molar-refractivity contribution in [1.29, 1.82) is 0 Å². The fraction of sp³-hybridized carbons (Fsp3) is 0.474. The molecule has 1 aromatic carbocycles. The zero-order chi connectivity index (χ0) is 17.7. The van der Waals surface area contributed by atoms with E-state index in [9.17, 15) is 9.59 Å². The van der Waals surface area contributed by atoms with Gasteiger partial charge >= 0.3 is 0 Å². The van der Waals surface area contributed by atoms with E-state index in [1.165, 1.54) is 0 Å². The maximum Gasteiger partial charge on any atom is 0.259 e. The molecule has 0 saturated carbocycles. The number of nitrogens with zero attached hydrogens (tertiary/aromatic N) is 2. The Kier molecular flexibility index (Phi) is 6.01. The average Bonchev–Trinajstić information content (AvgIpc) is 2.56. The first-order valence-corrected chi connectivity index (χ1v) is 8.76. The molecule has 0 radical (unpaired) electrons. The molecule has 2 rings (SSSR count). The summed E-state index contributed by atoms with van der Waals surface area (Å²) in [5.74, 6) is -0.196. The Morgan fingerprint density at radius 2 is 1.79 bits per heavy atom. The molecule has 0 fully saturated rings. The highest BCUT2D eigenvalue weighted by Crippen LogP contribution is 2.19. The summed E-state index contributed by atoms with van der Waals surface area (Å²) in [7, 11) is 0. The minimum atomic E-state index is -0.266. The van der Waals surface area contributed by atoms with E-state index in [2.05, 4.69) is 6.92 Å². The van der Waals surface area contributed by atoms with E-state index in [-0.39, 0.29) is 16.9 Å². The van der Waals surface area contributed by atoms with Crippen LogP contribution in [0, 0.1) is 0 Å². The lowest BCUT2D eigenvalue weighted by atomic mass is 10.1. The van der Waals surface area contributed by atoms with Crippen LogP contribution in [-0.2, 0) is 6.54 Å². The summed E-state index contributed by atoms with van der Waals surface area (Å²) in [4.78, 5) is 27.6. The Balaban J connectivity index is 2.65. The minimum absolute atomic E-state index is 0.196. The van der Waals surface area contributed by atoms with Crippen molar-refractivity contribution in [2.24, 2.45) is 0 Å². The predicted octanol–water partition coefficient (Wildman–Crippen LogP) is 3.26. The number of amides is 1. The number of carbonyl (C=O) groups excluding carboxylic acids is 1. The molecule has 5 heteroatoms. The molecule has 2 N–H and O–H groups in total. The lowest BCUT2D eigenvalue weighted by Crippen LogP contribution is -2.36. The molecular weight excluding hydrogens is 302 g/mol. The number of nitrogen functional groups attached to an aromatic ring is 1. The number of aromatic nitrogens is 1. The third kappa shape index (κ3) is 3.45. The van der Waals surface area contributed by atoms with Crippen molar-refractivity contribution in [3.05, 3.63) is 40.2 Å². The fourth-order valence-electron chi connectivity index (χ4n) is 3.07. The van der Waals surface area contributed by atoms with Crippen molar-refractivity contribution in [1.82, 2.24) is 9.47 Å². The molecule has 0 aliphatic carbocycles. The first-order valence-electron chi connectivity index (χ1n) is 8.76. The van der Waals surface area contributed by atoms with Crippen molar-refractivity contribution in [3.63, 3.8) is 0 Å². The Bertz CT molecular complexity index is 774. The highest BCUT2D eigenvalue weighted by atomic mass is 16.2. The van der Waals surface area contributed by atoms with Crippen LogP contribution in [0.2, 0.25) is 0 Å². The van der Waals surface area contributed by atoms with Gasteiger partial charge in [0.1, 0.15) is 5.56 Å². The Morgan fingerprint density at radius 3 is 2.38 bits per heavy atom. The number of benzene rings is 1. The minimum Gasteiger partial charge on any atom is -0.398 e. The number of fused-ring (bicyclic) bond motifs is 1. The van der Waals surface area contributed by atoms with Crippen molar-refractivity contribution in [2.75, 3.05) is 18.8 Å². The van der Waals surface area contributed by atoms with Crippen LogP contribution in [0.1, 0.15) is 50.4 Å². The Morgan fingerprint density at radius 1 is 1.12 bits per heavy atom. The third-order valence-corrected chi connectivity index (χ3v) is 4.11. The number of hydrogen-bond donors (Lipinski definition) is 1. The van der Waals surface area contributed by atoms with Crippen LogP contribution in [0.25, 0.3) is 10.9 Å². The first-order chi connectivity index (χ1) is 11.5. The second-order valence-corrected chi connectivity index (χ2v) is 6.10. The summed E-state index contributed by atoms with van der Waals surface area (Å²) in [6.07, 6.45) is 4.34. The quantitative estimate of drug-likeness (QED) is 0.793. The molecule has 1 heterocycles. The second-order valence-electron chi connectivity index (χ2n) is 6.10. The molecule has 0 spiro atoms. The van der Waals surface area contributed by atoms with Gasteiger partial charge in [0.15, 0.2) is 0 Å². The van der Waals surface area contributed by atoms with E-state index in [1.54, 1.807) is 17.2 Å². The smallest absolute Gasteiger partial charge is 0.259 e. The summed E-state index contributed by atoms with van der Waals surface area (Å²) in [6.45, 7) is 8.18. The van der Waals surface area contributed by atoms with Gasteiger partial charge in [0.25, 0.3) is 5.91 Å². The predicted molar refractivity (Wildman–Crippen MR) is 99.4 cm³/mol. The van der Waals surface area contributed by atoms with Crippen LogP contribution in [0.4, 0.5) is 5.69 Å². The van der Waals surface area contributed by atoms with Crippen LogP contribution < -0.4 is 11.2 Å². The second kappa shape index (κ2) is 7.99. The van der Waals surface area contributed by atoms with E-state index in [4.69, 9.17) is 5.73 Å². The molecule has 130 valence electrons. The molecule has 2 aromatic rings. The standard InChI is InChI=1S/C19H27N3O2/c1-4-10-21(11-5-2)19(24)14-13-22(12-6-3)16-9-7-8-15(20)17(16)18(14)23/h7-9,13H,4-6,10-12,20H2,1-3H3. The number of hydrogen-bond acceptors (Lipinski definition) is 3. The topological polar surface area (TPSA) is 68.3 Å². The van der Waals surface area contributed by atoms with Gasteiger partial charge in [0, 0.05) is 31.5 Å². The van der Waals surface area contributed by atoms with E-state index in [0.29, 0.717) is 24.2 Å². The molecule has 0 saturated heterocycles. The summed E-state index contributed by atoms with van der Waals surface area (Å²) in [5.41, 5.74) is 7.21. The number of aryl methyl sites for hydroxylation is 1. The highest BCUT2D eigenvalue weighted by Gasteiger charge is 2.21. The van der Waals surface area contributed by atoms with Crippen LogP contribution in [0.5, 0.6) is 0 Å². The third-order valence-electron chi connectivity index (χ3n) is 4.11. The molecule has 0 atom stereocenters. The molecule has 0 aliphatic rings. The number of rotatable bonds is 7. The zero-order valence-electron chi connectivity index (χ0n) is 14.8. The molecule has 0 aliphatic heterocycles. The molecule has 24 heavy (non-hydrogen) atoms. The molecule has 1 aromatic heterocycles. The van der Waals surface area contributed by atoms with Crippen molar-refractivity contribution in [2.45, 2.75) is 46.6 Å². The van der Waals surface area contributed by atoms with Gasteiger partial charge in [-0.2, -0.15) is 0 Å². The van der Waals surface area contributed by atoms with E-state index in [1.807, 2.05) is 30.5 Å². The number of nitrogens with two attached hydrogens (primary N) is 1. The normalized spacial score (nSPS) is 11.0.